The van der Waals surface area contributed by atoms with Crippen molar-refractivity contribution in [2.75, 3.05) is 25.0 Å². The van der Waals surface area contributed by atoms with Gasteiger partial charge in [0.1, 0.15) is 0 Å². The number of aliphatic hydroxyl groups excluding tert-OH is 2. The van der Waals surface area contributed by atoms with Crippen molar-refractivity contribution < 1.29 is 10.2 Å². The molecule has 1 aromatic heterocycles. The molecule has 5 nitrogen and oxygen atoms in total. The minimum atomic E-state index is -0.277. The zero-order valence-corrected chi connectivity index (χ0v) is 18.1. The average Bonchev–Trinajstić information content (AvgIpc) is 3.22. The van der Waals surface area contributed by atoms with Crippen LogP contribution < -0.4 is 5.32 Å². The molecule has 2 heterocycles. The smallest absolute Gasteiger partial charge is 0.187 e. The van der Waals surface area contributed by atoms with Crippen LogP contribution in [0.3, 0.4) is 0 Å². The maximum atomic E-state index is 9.79. The second-order valence-corrected chi connectivity index (χ2v) is 8.88. The van der Waals surface area contributed by atoms with E-state index < -0.39 is 0 Å². The number of aliphatic hydroxyl groups is 2. The van der Waals surface area contributed by atoms with Gasteiger partial charge in [0.25, 0.3) is 0 Å². The molecule has 2 aromatic carbocycles. The van der Waals surface area contributed by atoms with Crippen LogP contribution in [0, 0.1) is 6.92 Å². The zero-order valence-electron chi connectivity index (χ0n) is 17.3. The normalized spacial score (nSPS) is 19.7. The highest BCUT2D eigenvalue weighted by molar-refractivity contribution is 7.14. The van der Waals surface area contributed by atoms with Crippen LogP contribution in [-0.4, -0.2) is 51.9 Å². The van der Waals surface area contributed by atoms with Crippen molar-refractivity contribution in [3.63, 3.8) is 0 Å². The third-order valence-electron chi connectivity index (χ3n) is 5.77. The van der Waals surface area contributed by atoms with E-state index in [1.807, 2.05) is 0 Å². The molecule has 1 fully saturated rings. The van der Waals surface area contributed by atoms with Crippen LogP contribution in [0.4, 0.5) is 10.8 Å². The molecule has 6 heteroatoms. The van der Waals surface area contributed by atoms with Crippen LogP contribution in [-0.2, 0) is 6.42 Å². The molecule has 0 spiro atoms. The molecular weight excluding hydrogens is 394 g/mol. The zero-order chi connectivity index (χ0) is 20.9. The summed E-state index contributed by atoms with van der Waals surface area (Å²) in [6.07, 6.45) is 2.11. The second kappa shape index (κ2) is 9.71. The van der Waals surface area contributed by atoms with Crippen molar-refractivity contribution in [1.82, 2.24) is 9.88 Å². The lowest BCUT2D eigenvalue weighted by Gasteiger charge is -2.36. The molecule has 0 bridgehead atoms. The standard InChI is InChI=1S/C24H29N3O2S/c1-17-2-6-19(7-3-17)23-16-30-24(26-23)25-20-8-4-18(5-9-20)10-12-27-13-11-22(29)14-21(27)15-28/h2-9,16,21-22,28-29H,10-15H2,1H3,(H,25,26)/t21-,22+/m1/s1. The van der Waals surface area contributed by atoms with E-state index in [9.17, 15) is 10.2 Å². The van der Waals surface area contributed by atoms with Gasteiger partial charge in [-0.2, -0.15) is 0 Å². The Morgan fingerprint density at radius 2 is 1.90 bits per heavy atom. The number of aryl methyl sites for hydroxylation is 1. The van der Waals surface area contributed by atoms with Crippen LogP contribution in [0.25, 0.3) is 11.3 Å². The van der Waals surface area contributed by atoms with Crippen LogP contribution in [0.1, 0.15) is 24.0 Å². The van der Waals surface area contributed by atoms with E-state index in [0.29, 0.717) is 6.42 Å². The summed E-state index contributed by atoms with van der Waals surface area (Å²) in [5, 5.41) is 25.7. The number of anilines is 2. The average molecular weight is 424 g/mol. The molecule has 1 saturated heterocycles. The molecule has 4 rings (SSSR count). The minimum Gasteiger partial charge on any atom is -0.395 e. The van der Waals surface area contributed by atoms with Crippen molar-refractivity contribution in [3.8, 4) is 11.3 Å². The van der Waals surface area contributed by atoms with Gasteiger partial charge >= 0.3 is 0 Å². The van der Waals surface area contributed by atoms with Gasteiger partial charge in [0.2, 0.25) is 0 Å². The van der Waals surface area contributed by atoms with Crippen molar-refractivity contribution in [1.29, 1.82) is 0 Å². The fourth-order valence-electron chi connectivity index (χ4n) is 3.90. The van der Waals surface area contributed by atoms with E-state index in [0.717, 1.165) is 48.0 Å². The third-order valence-corrected chi connectivity index (χ3v) is 6.52. The number of nitrogens with one attached hydrogen (secondary N) is 1. The monoisotopic (exact) mass is 423 g/mol. The molecule has 0 saturated carbocycles. The summed E-state index contributed by atoms with van der Waals surface area (Å²) >= 11 is 1.61. The summed E-state index contributed by atoms with van der Waals surface area (Å²) in [7, 11) is 0. The summed E-state index contributed by atoms with van der Waals surface area (Å²) in [5.74, 6) is 0. The van der Waals surface area contributed by atoms with Gasteiger partial charge in [-0.1, -0.05) is 42.0 Å². The van der Waals surface area contributed by atoms with Gasteiger partial charge in [0, 0.05) is 35.8 Å². The van der Waals surface area contributed by atoms with Gasteiger partial charge in [-0.25, -0.2) is 4.98 Å². The Kier molecular flexibility index (Phi) is 6.79. The Balaban J connectivity index is 1.32. The Morgan fingerprint density at radius 3 is 2.63 bits per heavy atom. The fraction of sp³-hybridized carbons (Fsp3) is 0.375. The number of hydrogen-bond donors (Lipinski definition) is 3. The van der Waals surface area contributed by atoms with E-state index >= 15 is 0 Å². The quantitative estimate of drug-likeness (QED) is 0.531. The van der Waals surface area contributed by atoms with Gasteiger partial charge in [-0.05, 0) is 43.9 Å². The molecule has 1 aliphatic rings. The summed E-state index contributed by atoms with van der Waals surface area (Å²) in [6, 6.07) is 17.0. The van der Waals surface area contributed by atoms with Gasteiger partial charge in [-0.15, -0.1) is 11.3 Å². The van der Waals surface area contributed by atoms with Crippen LogP contribution in [0.15, 0.2) is 53.9 Å². The Bertz CT molecular complexity index is 940. The van der Waals surface area contributed by atoms with E-state index in [-0.39, 0.29) is 18.8 Å². The summed E-state index contributed by atoms with van der Waals surface area (Å²) in [5.41, 5.74) is 5.66. The highest BCUT2D eigenvalue weighted by Crippen LogP contribution is 2.27. The number of piperidine rings is 1. The van der Waals surface area contributed by atoms with E-state index in [2.05, 4.69) is 71.1 Å². The molecule has 0 aliphatic carbocycles. The molecule has 2 atom stereocenters. The van der Waals surface area contributed by atoms with Gasteiger partial charge in [0.15, 0.2) is 5.13 Å². The molecule has 158 valence electrons. The van der Waals surface area contributed by atoms with Crippen LogP contribution in [0.2, 0.25) is 0 Å². The molecular formula is C24H29N3O2S. The number of hydrogen-bond acceptors (Lipinski definition) is 6. The van der Waals surface area contributed by atoms with E-state index in [4.69, 9.17) is 4.98 Å². The van der Waals surface area contributed by atoms with Crippen molar-refractivity contribution in [2.45, 2.75) is 38.3 Å². The first-order valence-electron chi connectivity index (χ1n) is 10.5. The van der Waals surface area contributed by atoms with Crippen molar-refractivity contribution >= 4 is 22.2 Å². The third kappa shape index (κ3) is 5.26. The number of rotatable bonds is 7. The van der Waals surface area contributed by atoms with Gasteiger partial charge in [-0.3, -0.25) is 4.90 Å². The summed E-state index contributed by atoms with van der Waals surface area (Å²) in [4.78, 5) is 7.00. The van der Waals surface area contributed by atoms with E-state index in [1.165, 1.54) is 11.1 Å². The lowest BCUT2D eigenvalue weighted by molar-refractivity contribution is 0.0177. The first-order valence-corrected chi connectivity index (χ1v) is 11.4. The molecule has 3 aromatic rings. The Hall–Kier alpha value is -2.25. The van der Waals surface area contributed by atoms with E-state index in [1.54, 1.807) is 11.3 Å². The van der Waals surface area contributed by atoms with Crippen molar-refractivity contribution in [2.24, 2.45) is 0 Å². The van der Waals surface area contributed by atoms with Crippen molar-refractivity contribution in [3.05, 3.63) is 65.0 Å². The summed E-state index contributed by atoms with van der Waals surface area (Å²) in [6.45, 7) is 3.94. The lowest BCUT2D eigenvalue weighted by atomic mass is 9.99. The SMILES string of the molecule is Cc1ccc(-c2csc(Nc3ccc(CCN4CC[C@H](O)C[C@@H]4CO)cc3)n2)cc1. The molecule has 1 aliphatic heterocycles. The number of nitrogens with zero attached hydrogens (tertiary/aromatic N) is 2. The number of thiazole rings is 1. The largest absolute Gasteiger partial charge is 0.395 e. The lowest BCUT2D eigenvalue weighted by Crippen LogP contribution is -2.47. The van der Waals surface area contributed by atoms with Gasteiger partial charge < -0.3 is 15.5 Å². The first-order chi connectivity index (χ1) is 14.6. The van der Waals surface area contributed by atoms with Crippen LogP contribution in [0.5, 0.6) is 0 Å². The minimum absolute atomic E-state index is 0.0716. The highest BCUT2D eigenvalue weighted by atomic mass is 32.1. The first kappa shape index (κ1) is 21.0. The second-order valence-electron chi connectivity index (χ2n) is 8.03. The predicted octanol–water partition coefficient (Wildman–Crippen LogP) is 4.22. The summed E-state index contributed by atoms with van der Waals surface area (Å²) < 4.78 is 0. The number of likely N-dealkylation sites (tertiary alicyclic amines) is 1. The van der Waals surface area contributed by atoms with Gasteiger partial charge in [0.05, 0.1) is 18.4 Å². The number of aromatic nitrogens is 1. The maximum absolute atomic E-state index is 9.79. The predicted molar refractivity (Wildman–Crippen MR) is 123 cm³/mol. The fourth-order valence-corrected chi connectivity index (χ4v) is 4.64. The maximum Gasteiger partial charge on any atom is 0.187 e. The Morgan fingerprint density at radius 1 is 1.13 bits per heavy atom. The molecule has 0 amide bonds. The molecule has 0 unspecified atom stereocenters. The number of benzene rings is 2. The molecule has 30 heavy (non-hydrogen) atoms. The highest BCUT2D eigenvalue weighted by Gasteiger charge is 2.26. The Labute approximate surface area is 182 Å². The molecule has 3 N–H and O–H groups in total. The molecule has 0 radical (unpaired) electrons. The topological polar surface area (TPSA) is 68.6 Å². The van der Waals surface area contributed by atoms with Crippen LogP contribution >= 0.6 is 11.3 Å².